The molecule has 1 aromatic rings. The van der Waals surface area contributed by atoms with E-state index in [1.165, 1.54) is 0 Å². The molecule has 0 unspecified atom stereocenters. The van der Waals surface area contributed by atoms with Crippen LogP contribution in [0.2, 0.25) is 0 Å². The first-order chi connectivity index (χ1) is 9.68. The van der Waals surface area contributed by atoms with Gasteiger partial charge in [-0.1, -0.05) is 0 Å². The molecule has 0 saturated carbocycles. The summed E-state index contributed by atoms with van der Waals surface area (Å²) in [6.07, 6.45) is 0. The number of phenolic OH excluding ortho intramolecular Hbond substituents is 2. The van der Waals surface area contributed by atoms with Crippen molar-refractivity contribution >= 4 is 23.1 Å². The van der Waals surface area contributed by atoms with Crippen LogP contribution in [0.15, 0.2) is 17.4 Å². The molecular weight excluding hydrogens is 280 g/mol. The normalized spacial score (nSPS) is 14.2. The molecule has 1 aliphatic rings. The molecule has 0 atom stereocenters. The van der Waals surface area contributed by atoms with E-state index in [1.54, 1.807) is 0 Å². The van der Waals surface area contributed by atoms with Gasteiger partial charge in [0.1, 0.15) is 17.1 Å². The highest BCUT2D eigenvalue weighted by Crippen LogP contribution is 2.39. The van der Waals surface area contributed by atoms with Gasteiger partial charge in [-0.15, -0.1) is 0 Å². The summed E-state index contributed by atoms with van der Waals surface area (Å²) >= 11 is 0. The van der Waals surface area contributed by atoms with Crippen molar-refractivity contribution < 1.29 is 34.5 Å². The maximum atomic E-state index is 12.1. The summed E-state index contributed by atoms with van der Waals surface area (Å²) in [6, 6.07) is 0.835. The van der Waals surface area contributed by atoms with Gasteiger partial charge in [0.15, 0.2) is 17.3 Å². The Bertz CT molecular complexity index is 768. The van der Waals surface area contributed by atoms with E-state index in [9.17, 15) is 34.5 Å². The van der Waals surface area contributed by atoms with Crippen LogP contribution in [0.1, 0.15) is 44.9 Å². The lowest BCUT2D eigenvalue weighted by Gasteiger charge is -2.19. The number of aliphatic hydroxyl groups is 1. The van der Waals surface area contributed by atoms with Gasteiger partial charge in [0, 0.05) is 0 Å². The number of benzene rings is 1. The highest BCUT2D eigenvalue weighted by atomic mass is 16.3. The van der Waals surface area contributed by atoms with Gasteiger partial charge in [0.05, 0.1) is 16.7 Å². The van der Waals surface area contributed by atoms with Crippen molar-refractivity contribution in [2.24, 2.45) is 0 Å². The summed E-state index contributed by atoms with van der Waals surface area (Å²) in [5, 5.41) is 29.4. The molecule has 1 aliphatic carbocycles. The number of carbonyl (C=O) groups is 4. The molecule has 0 spiro atoms. The third kappa shape index (κ3) is 1.90. The Balaban J connectivity index is 2.90. The largest absolute Gasteiger partial charge is 0.507 e. The van der Waals surface area contributed by atoms with E-state index in [1.807, 2.05) is 0 Å². The number of rotatable bonds is 2. The average Bonchev–Trinajstić information content (AvgIpc) is 2.37. The summed E-state index contributed by atoms with van der Waals surface area (Å²) in [6.45, 7) is 2.06. The molecule has 7 heteroatoms. The van der Waals surface area contributed by atoms with Crippen LogP contribution >= 0.6 is 0 Å². The minimum Gasteiger partial charge on any atom is -0.507 e. The van der Waals surface area contributed by atoms with Gasteiger partial charge in [-0.05, 0) is 19.9 Å². The van der Waals surface area contributed by atoms with Crippen molar-refractivity contribution in [2.75, 3.05) is 0 Å². The fraction of sp³-hybridized carbons (Fsp3) is 0.143. The summed E-state index contributed by atoms with van der Waals surface area (Å²) in [7, 11) is 0. The van der Waals surface area contributed by atoms with Crippen LogP contribution in [-0.2, 0) is 4.79 Å². The average molecular weight is 290 g/mol. The lowest BCUT2D eigenvalue weighted by Crippen LogP contribution is -2.26. The predicted molar refractivity (Wildman–Crippen MR) is 68.8 cm³/mol. The number of phenols is 2. The second-order valence-electron chi connectivity index (χ2n) is 4.54. The minimum absolute atomic E-state index is 0.369. The van der Waals surface area contributed by atoms with E-state index in [4.69, 9.17) is 0 Å². The standard InChI is InChI=1S/C14H10O7/c1-4(15)6-3-7(17)9-10(11(6)18)14(21)13(20)8(5(2)16)12(9)19/h3,17-18,20H,1-2H3. The number of hydrogen-bond acceptors (Lipinski definition) is 7. The first-order valence-corrected chi connectivity index (χ1v) is 5.81. The predicted octanol–water partition coefficient (Wildman–Crippen LogP) is 1.08. The molecule has 0 saturated heterocycles. The molecule has 21 heavy (non-hydrogen) atoms. The van der Waals surface area contributed by atoms with Gasteiger partial charge in [-0.3, -0.25) is 19.2 Å². The fourth-order valence-corrected chi connectivity index (χ4v) is 2.17. The van der Waals surface area contributed by atoms with Crippen molar-refractivity contribution in [2.45, 2.75) is 13.8 Å². The van der Waals surface area contributed by atoms with Crippen LogP contribution in [0.3, 0.4) is 0 Å². The Morgan fingerprint density at radius 2 is 1.48 bits per heavy atom. The van der Waals surface area contributed by atoms with Crippen LogP contribution in [0.4, 0.5) is 0 Å². The molecule has 0 fully saturated rings. The van der Waals surface area contributed by atoms with Crippen molar-refractivity contribution in [3.8, 4) is 11.5 Å². The summed E-state index contributed by atoms with van der Waals surface area (Å²) in [4.78, 5) is 46.9. The van der Waals surface area contributed by atoms with Crippen molar-refractivity contribution in [3.63, 3.8) is 0 Å². The Morgan fingerprint density at radius 3 is 1.95 bits per heavy atom. The molecule has 0 amide bonds. The lowest BCUT2D eigenvalue weighted by atomic mass is 9.84. The molecule has 0 bridgehead atoms. The zero-order valence-electron chi connectivity index (χ0n) is 11.1. The van der Waals surface area contributed by atoms with Crippen molar-refractivity contribution in [1.82, 2.24) is 0 Å². The number of ketones is 4. The van der Waals surface area contributed by atoms with Crippen molar-refractivity contribution in [1.29, 1.82) is 0 Å². The molecule has 7 nitrogen and oxygen atoms in total. The molecule has 0 aromatic heterocycles. The molecule has 3 N–H and O–H groups in total. The quantitative estimate of drug-likeness (QED) is 0.422. The third-order valence-corrected chi connectivity index (χ3v) is 3.14. The van der Waals surface area contributed by atoms with E-state index in [0.29, 0.717) is 0 Å². The van der Waals surface area contributed by atoms with Crippen LogP contribution in [-0.4, -0.2) is 38.5 Å². The van der Waals surface area contributed by atoms with Crippen LogP contribution in [0.5, 0.6) is 11.5 Å². The first kappa shape index (κ1) is 14.4. The zero-order chi connectivity index (χ0) is 16.1. The number of hydrogen-bond donors (Lipinski definition) is 3. The Morgan fingerprint density at radius 1 is 0.905 bits per heavy atom. The van der Waals surface area contributed by atoms with Gasteiger partial charge < -0.3 is 15.3 Å². The lowest BCUT2D eigenvalue weighted by molar-refractivity contribution is -0.113. The maximum Gasteiger partial charge on any atom is 0.232 e. The Labute approximate surface area is 118 Å². The molecule has 0 aliphatic heterocycles. The van der Waals surface area contributed by atoms with Crippen LogP contribution in [0.25, 0.3) is 0 Å². The highest BCUT2D eigenvalue weighted by molar-refractivity contribution is 6.37. The van der Waals surface area contributed by atoms with Gasteiger partial charge in [0.25, 0.3) is 0 Å². The zero-order valence-corrected chi connectivity index (χ0v) is 11.1. The topological polar surface area (TPSA) is 129 Å². The molecule has 108 valence electrons. The van der Waals surface area contributed by atoms with Gasteiger partial charge in [0.2, 0.25) is 11.6 Å². The van der Waals surface area contributed by atoms with Gasteiger partial charge in [-0.2, -0.15) is 0 Å². The van der Waals surface area contributed by atoms with Crippen LogP contribution < -0.4 is 0 Å². The smallest absolute Gasteiger partial charge is 0.232 e. The monoisotopic (exact) mass is 290 g/mol. The third-order valence-electron chi connectivity index (χ3n) is 3.14. The highest BCUT2D eigenvalue weighted by Gasteiger charge is 2.39. The number of fused-ring (bicyclic) bond motifs is 1. The molecule has 0 radical (unpaired) electrons. The first-order valence-electron chi connectivity index (χ1n) is 5.81. The maximum absolute atomic E-state index is 12.1. The molecule has 2 rings (SSSR count). The SMILES string of the molecule is CC(=O)C1=C(O)C(=O)c2c(O)c(C(C)=O)cc(O)c2C1=O. The second kappa shape index (κ2) is 4.55. The van der Waals surface area contributed by atoms with E-state index in [-0.39, 0.29) is 5.56 Å². The number of aromatic hydroxyl groups is 2. The van der Waals surface area contributed by atoms with Crippen LogP contribution in [0, 0.1) is 0 Å². The fourth-order valence-electron chi connectivity index (χ4n) is 2.17. The molecule has 0 heterocycles. The van der Waals surface area contributed by atoms with Crippen molar-refractivity contribution in [3.05, 3.63) is 34.1 Å². The summed E-state index contributed by atoms with van der Waals surface area (Å²) in [5.41, 5.74) is -2.43. The number of aliphatic hydroxyl groups excluding tert-OH is 1. The number of carbonyl (C=O) groups excluding carboxylic acids is 4. The Kier molecular flexibility index (Phi) is 3.13. The van der Waals surface area contributed by atoms with E-state index >= 15 is 0 Å². The molecular formula is C14H10O7. The molecule has 1 aromatic carbocycles. The number of allylic oxidation sites excluding steroid dienone is 2. The van der Waals surface area contributed by atoms with E-state index in [2.05, 4.69) is 0 Å². The van der Waals surface area contributed by atoms with E-state index < -0.39 is 57.1 Å². The van der Waals surface area contributed by atoms with Gasteiger partial charge in [-0.25, -0.2) is 0 Å². The second-order valence-corrected chi connectivity index (χ2v) is 4.54. The summed E-state index contributed by atoms with van der Waals surface area (Å²) in [5.74, 6) is -6.45. The van der Waals surface area contributed by atoms with Gasteiger partial charge >= 0.3 is 0 Å². The van der Waals surface area contributed by atoms with E-state index in [0.717, 1.165) is 19.9 Å². The minimum atomic E-state index is -1.20. The number of Topliss-reactive ketones (excluding diaryl/α,β-unsaturated/α-hetero) is 4. The Hall–Kier alpha value is -2.96. The summed E-state index contributed by atoms with van der Waals surface area (Å²) < 4.78 is 0.